The fourth-order valence-corrected chi connectivity index (χ4v) is 1.88. The van der Waals surface area contributed by atoms with Crippen molar-refractivity contribution in [3.8, 4) is 0 Å². The van der Waals surface area contributed by atoms with Crippen molar-refractivity contribution >= 4 is 0 Å². The SMILES string of the molecule is CN(C)CCN[C@H]1[C@H](O)CNC(CO)[C@H]1O. The second-order valence-electron chi connectivity index (χ2n) is 4.54. The molecule has 1 saturated heterocycles. The number of aliphatic hydroxyl groups is 3. The van der Waals surface area contributed by atoms with Crippen molar-refractivity contribution in [2.45, 2.75) is 24.3 Å². The first-order chi connectivity index (χ1) is 7.56. The van der Waals surface area contributed by atoms with Crippen molar-refractivity contribution in [3.05, 3.63) is 0 Å². The van der Waals surface area contributed by atoms with E-state index in [4.69, 9.17) is 5.11 Å². The van der Waals surface area contributed by atoms with Crippen LogP contribution in [0.5, 0.6) is 0 Å². The van der Waals surface area contributed by atoms with Crippen molar-refractivity contribution in [2.75, 3.05) is 40.3 Å². The van der Waals surface area contributed by atoms with E-state index < -0.39 is 12.2 Å². The van der Waals surface area contributed by atoms with Crippen LogP contribution in [0.1, 0.15) is 0 Å². The Kier molecular flexibility index (Phi) is 5.60. The summed E-state index contributed by atoms with van der Waals surface area (Å²) in [6.07, 6.45) is -1.39. The van der Waals surface area contributed by atoms with Crippen LogP contribution >= 0.6 is 0 Å². The highest BCUT2D eigenvalue weighted by Gasteiger charge is 2.36. The molecule has 1 heterocycles. The zero-order valence-corrected chi connectivity index (χ0v) is 9.93. The summed E-state index contributed by atoms with van der Waals surface area (Å²) in [6, 6.07) is -0.737. The molecule has 6 heteroatoms. The molecule has 0 aromatic heterocycles. The van der Waals surface area contributed by atoms with Gasteiger partial charge in [-0.2, -0.15) is 0 Å². The summed E-state index contributed by atoms with van der Waals surface area (Å²) >= 11 is 0. The Morgan fingerprint density at radius 2 is 2.06 bits per heavy atom. The van der Waals surface area contributed by atoms with Crippen LogP contribution in [0.2, 0.25) is 0 Å². The second kappa shape index (κ2) is 6.48. The standard InChI is InChI=1S/C10H23N3O3/c1-13(2)4-3-11-9-8(15)5-12-7(6-14)10(9)16/h7-12,14-16H,3-6H2,1-2H3/t7?,8-,9+,10-/m1/s1. The van der Waals surface area contributed by atoms with Crippen molar-refractivity contribution in [2.24, 2.45) is 0 Å². The zero-order valence-electron chi connectivity index (χ0n) is 9.93. The molecule has 5 N–H and O–H groups in total. The van der Waals surface area contributed by atoms with E-state index in [1.807, 2.05) is 19.0 Å². The molecule has 0 aliphatic carbocycles. The van der Waals surface area contributed by atoms with Crippen LogP contribution in [-0.2, 0) is 0 Å². The number of hydrogen-bond acceptors (Lipinski definition) is 6. The molecular formula is C10H23N3O3. The highest BCUT2D eigenvalue weighted by atomic mass is 16.3. The van der Waals surface area contributed by atoms with E-state index in [0.717, 1.165) is 6.54 Å². The van der Waals surface area contributed by atoms with Gasteiger partial charge in [0, 0.05) is 19.6 Å². The highest BCUT2D eigenvalue weighted by molar-refractivity contribution is 4.96. The van der Waals surface area contributed by atoms with E-state index in [1.165, 1.54) is 0 Å². The Labute approximate surface area is 96.3 Å². The lowest BCUT2D eigenvalue weighted by atomic mass is 9.94. The average Bonchev–Trinajstić information content (AvgIpc) is 2.23. The first-order valence-corrected chi connectivity index (χ1v) is 5.64. The average molecular weight is 233 g/mol. The molecule has 0 saturated carbocycles. The molecule has 6 nitrogen and oxygen atoms in total. The summed E-state index contributed by atoms with van der Waals surface area (Å²) in [5, 5.41) is 34.7. The lowest BCUT2D eigenvalue weighted by molar-refractivity contribution is -0.0261. The Morgan fingerprint density at radius 3 is 2.62 bits per heavy atom. The molecule has 0 bridgehead atoms. The first kappa shape index (κ1) is 13.8. The van der Waals surface area contributed by atoms with Gasteiger partial charge in [0.1, 0.15) is 0 Å². The molecule has 0 amide bonds. The minimum absolute atomic E-state index is 0.125. The van der Waals surface area contributed by atoms with Gasteiger partial charge in [0.25, 0.3) is 0 Å². The third kappa shape index (κ3) is 3.65. The van der Waals surface area contributed by atoms with Gasteiger partial charge in [-0.3, -0.25) is 0 Å². The van der Waals surface area contributed by atoms with E-state index in [1.54, 1.807) is 0 Å². The molecule has 96 valence electrons. The predicted molar refractivity (Wildman–Crippen MR) is 61.2 cm³/mol. The van der Waals surface area contributed by atoms with E-state index in [9.17, 15) is 10.2 Å². The summed E-state index contributed by atoms with van der Waals surface area (Å²) in [5.74, 6) is 0. The third-order valence-electron chi connectivity index (χ3n) is 2.92. The minimum Gasteiger partial charge on any atom is -0.395 e. The number of piperidine rings is 1. The quantitative estimate of drug-likeness (QED) is 0.352. The molecule has 1 aliphatic rings. The van der Waals surface area contributed by atoms with Gasteiger partial charge in [-0.1, -0.05) is 0 Å². The van der Waals surface area contributed by atoms with Crippen LogP contribution in [0.4, 0.5) is 0 Å². The lowest BCUT2D eigenvalue weighted by Gasteiger charge is -2.38. The lowest BCUT2D eigenvalue weighted by Crippen LogP contribution is -2.65. The summed E-state index contributed by atoms with van der Waals surface area (Å²) < 4.78 is 0. The normalized spacial score (nSPS) is 35.6. The Morgan fingerprint density at radius 1 is 1.38 bits per heavy atom. The maximum atomic E-state index is 9.91. The Balaban J connectivity index is 2.41. The topological polar surface area (TPSA) is 88.0 Å². The smallest absolute Gasteiger partial charge is 0.0894 e. The molecule has 4 atom stereocenters. The van der Waals surface area contributed by atoms with Gasteiger partial charge >= 0.3 is 0 Å². The molecule has 0 radical (unpaired) electrons. The molecule has 1 unspecified atom stereocenters. The molecule has 16 heavy (non-hydrogen) atoms. The number of likely N-dealkylation sites (N-methyl/N-ethyl adjacent to an activating group) is 1. The summed E-state index contributed by atoms with van der Waals surface area (Å²) in [6.45, 7) is 1.80. The Hall–Kier alpha value is -0.240. The van der Waals surface area contributed by atoms with Crippen molar-refractivity contribution in [1.82, 2.24) is 15.5 Å². The van der Waals surface area contributed by atoms with Crippen LogP contribution in [-0.4, -0.2) is 84.8 Å². The number of nitrogens with one attached hydrogen (secondary N) is 2. The highest BCUT2D eigenvalue weighted by Crippen LogP contribution is 2.10. The van der Waals surface area contributed by atoms with Crippen LogP contribution in [0.15, 0.2) is 0 Å². The van der Waals surface area contributed by atoms with E-state index in [0.29, 0.717) is 13.1 Å². The minimum atomic E-state index is -0.768. The number of nitrogens with zero attached hydrogens (tertiary/aromatic N) is 1. The summed E-state index contributed by atoms with van der Waals surface area (Å²) in [7, 11) is 3.93. The molecule has 0 aromatic carbocycles. The van der Waals surface area contributed by atoms with E-state index in [-0.39, 0.29) is 18.7 Å². The number of hydrogen-bond donors (Lipinski definition) is 5. The van der Waals surface area contributed by atoms with Crippen LogP contribution in [0, 0.1) is 0 Å². The van der Waals surface area contributed by atoms with E-state index in [2.05, 4.69) is 10.6 Å². The molecular weight excluding hydrogens is 210 g/mol. The van der Waals surface area contributed by atoms with Crippen molar-refractivity contribution in [3.63, 3.8) is 0 Å². The summed E-state index contributed by atoms with van der Waals surface area (Å²) in [5.41, 5.74) is 0. The van der Waals surface area contributed by atoms with Crippen molar-refractivity contribution in [1.29, 1.82) is 0 Å². The van der Waals surface area contributed by atoms with Crippen LogP contribution < -0.4 is 10.6 Å². The maximum absolute atomic E-state index is 9.91. The van der Waals surface area contributed by atoms with Crippen LogP contribution in [0.25, 0.3) is 0 Å². The van der Waals surface area contributed by atoms with Gasteiger partial charge < -0.3 is 30.9 Å². The van der Waals surface area contributed by atoms with Crippen LogP contribution in [0.3, 0.4) is 0 Å². The monoisotopic (exact) mass is 233 g/mol. The van der Waals surface area contributed by atoms with Gasteiger partial charge in [-0.05, 0) is 14.1 Å². The van der Waals surface area contributed by atoms with E-state index >= 15 is 0 Å². The number of β-amino-alcohol motifs (C(OH)–C–C–N with tert-alkyl or cyclic N) is 1. The molecule has 0 aromatic rings. The fourth-order valence-electron chi connectivity index (χ4n) is 1.88. The Bertz CT molecular complexity index is 204. The second-order valence-corrected chi connectivity index (χ2v) is 4.54. The van der Waals surface area contributed by atoms with Gasteiger partial charge in [0.2, 0.25) is 0 Å². The number of aliphatic hydroxyl groups excluding tert-OH is 3. The van der Waals surface area contributed by atoms with Gasteiger partial charge in [-0.25, -0.2) is 0 Å². The number of rotatable bonds is 5. The maximum Gasteiger partial charge on any atom is 0.0894 e. The van der Waals surface area contributed by atoms with Gasteiger partial charge in [-0.15, -0.1) is 0 Å². The third-order valence-corrected chi connectivity index (χ3v) is 2.92. The predicted octanol–water partition coefficient (Wildman–Crippen LogP) is -2.81. The molecule has 1 aliphatic heterocycles. The summed E-state index contributed by atoms with van der Waals surface area (Å²) in [4.78, 5) is 2.02. The molecule has 0 spiro atoms. The molecule has 1 fully saturated rings. The largest absolute Gasteiger partial charge is 0.395 e. The van der Waals surface area contributed by atoms with Gasteiger partial charge in [0.15, 0.2) is 0 Å². The first-order valence-electron chi connectivity index (χ1n) is 5.64. The van der Waals surface area contributed by atoms with Gasteiger partial charge in [0.05, 0.1) is 30.9 Å². The zero-order chi connectivity index (χ0) is 12.1. The fraction of sp³-hybridized carbons (Fsp3) is 1.00. The molecule has 1 rings (SSSR count). The van der Waals surface area contributed by atoms with Crippen molar-refractivity contribution < 1.29 is 15.3 Å².